The lowest BCUT2D eigenvalue weighted by Crippen LogP contribution is -2.44. The topological polar surface area (TPSA) is 128 Å². The van der Waals surface area contributed by atoms with Crippen LogP contribution in [0.1, 0.15) is 21.5 Å². The zero-order chi connectivity index (χ0) is 20.5. The number of nitrogens with zero attached hydrogens (tertiary/aromatic N) is 2. The summed E-state index contributed by atoms with van der Waals surface area (Å²) < 4.78 is 0. The van der Waals surface area contributed by atoms with Crippen LogP contribution in [0.2, 0.25) is 0 Å². The first-order chi connectivity index (χ1) is 14.7. The summed E-state index contributed by atoms with van der Waals surface area (Å²) in [5.74, 6) is 0.134. The molecule has 0 aliphatic carbocycles. The van der Waals surface area contributed by atoms with Gasteiger partial charge in [-0.25, -0.2) is 9.97 Å². The standard InChI is InChI=1S/C21H19N7O2/c29-18(27-20-22-8-9-23-20)14-6-3-7-15-17(14)26-21(25-15)28-19(30)16-10-12-4-1-2-5-13(12)11-24-16/h1-9,16,24H,10-11H2,(H2,22,23,27,29)(H2,25,26,28,30). The second kappa shape index (κ2) is 7.45. The van der Waals surface area contributed by atoms with Gasteiger partial charge in [0.2, 0.25) is 17.8 Å². The number of carbonyl (C=O) groups is 2. The minimum Gasteiger partial charge on any atom is -0.331 e. The number of aromatic nitrogens is 4. The molecule has 3 heterocycles. The van der Waals surface area contributed by atoms with Gasteiger partial charge in [-0.05, 0) is 29.7 Å². The van der Waals surface area contributed by atoms with Gasteiger partial charge in [0.25, 0.3) is 5.91 Å². The molecule has 9 heteroatoms. The molecule has 0 bridgehead atoms. The maximum Gasteiger partial charge on any atom is 0.260 e. The first kappa shape index (κ1) is 18.1. The molecular formula is C21H19N7O2. The van der Waals surface area contributed by atoms with E-state index in [4.69, 9.17) is 0 Å². The molecule has 0 spiro atoms. The number of hydrogen-bond donors (Lipinski definition) is 5. The number of para-hydroxylation sites is 1. The number of benzene rings is 2. The number of amides is 2. The number of imidazole rings is 2. The Kier molecular flexibility index (Phi) is 4.49. The molecule has 0 saturated heterocycles. The molecular weight excluding hydrogens is 382 g/mol. The van der Waals surface area contributed by atoms with Gasteiger partial charge in [-0.3, -0.25) is 20.2 Å². The van der Waals surface area contributed by atoms with E-state index in [1.807, 2.05) is 18.2 Å². The van der Waals surface area contributed by atoms with Gasteiger partial charge in [0.05, 0.1) is 17.1 Å². The van der Waals surface area contributed by atoms with E-state index in [0.29, 0.717) is 41.5 Å². The largest absolute Gasteiger partial charge is 0.331 e. The maximum absolute atomic E-state index is 12.8. The van der Waals surface area contributed by atoms with Crippen molar-refractivity contribution in [3.8, 4) is 0 Å². The Morgan fingerprint density at radius 1 is 1.00 bits per heavy atom. The zero-order valence-corrected chi connectivity index (χ0v) is 15.9. The van der Waals surface area contributed by atoms with Crippen molar-refractivity contribution >= 4 is 34.7 Å². The smallest absolute Gasteiger partial charge is 0.260 e. The van der Waals surface area contributed by atoms with E-state index in [9.17, 15) is 9.59 Å². The molecule has 2 aromatic heterocycles. The number of anilines is 2. The summed E-state index contributed by atoms with van der Waals surface area (Å²) >= 11 is 0. The van der Waals surface area contributed by atoms with Crippen LogP contribution in [0.25, 0.3) is 11.0 Å². The number of H-pyrrole nitrogens is 2. The Balaban J connectivity index is 1.34. The van der Waals surface area contributed by atoms with Crippen molar-refractivity contribution in [3.63, 3.8) is 0 Å². The van der Waals surface area contributed by atoms with E-state index in [1.165, 1.54) is 5.56 Å². The van der Waals surface area contributed by atoms with E-state index in [2.05, 4.69) is 42.0 Å². The van der Waals surface area contributed by atoms with Crippen LogP contribution in [-0.2, 0) is 17.8 Å². The zero-order valence-electron chi connectivity index (χ0n) is 15.9. The Bertz CT molecular complexity index is 1230. The predicted molar refractivity (Wildman–Crippen MR) is 112 cm³/mol. The van der Waals surface area contributed by atoms with Crippen molar-refractivity contribution < 1.29 is 9.59 Å². The van der Waals surface area contributed by atoms with Crippen LogP contribution in [0.15, 0.2) is 54.9 Å². The maximum atomic E-state index is 12.8. The van der Waals surface area contributed by atoms with Crippen molar-refractivity contribution in [3.05, 3.63) is 71.5 Å². The summed E-state index contributed by atoms with van der Waals surface area (Å²) in [5, 5.41) is 8.77. The number of rotatable bonds is 4. The summed E-state index contributed by atoms with van der Waals surface area (Å²) in [4.78, 5) is 39.7. The fourth-order valence-corrected chi connectivity index (χ4v) is 3.63. The molecule has 5 N–H and O–H groups in total. The van der Waals surface area contributed by atoms with Crippen molar-refractivity contribution in [2.45, 2.75) is 19.0 Å². The van der Waals surface area contributed by atoms with Crippen LogP contribution in [0.5, 0.6) is 0 Å². The average Bonchev–Trinajstić information content (AvgIpc) is 3.42. The number of hydrogen-bond acceptors (Lipinski definition) is 5. The Hall–Kier alpha value is -3.98. The van der Waals surface area contributed by atoms with E-state index in [-0.39, 0.29) is 17.9 Å². The van der Waals surface area contributed by atoms with E-state index in [1.54, 1.807) is 30.6 Å². The number of nitrogens with one attached hydrogen (secondary N) is 5. The van der Waals surface area contributed by atoms with Crippen LogP contribution < -0.4 is 16.0 Å². The molecule has 4 aromatic rings. The molecule has 2 aromatic carbocycles. The van der Waals surface area contributed by atoms with Gasteiger partial charge in [-0.15, -0.1) is 0 Å². The van der Waals surface area contributed by atoms with Crippen LogP contribution in [0.4, 0.5) is 11.9 Å². The highest BCUT2D eigenvalue weighted by atomic mass is 16.2. The van der Waals surface area contributed by atoms with Gasteiger partial charge in [0.1, 0.15) is 5.52 Å². The molecule has 30 heavy (non-hydrogen) atoms. The quantitative estimate of drug-likeness (QED) is 0.358. The highest BCUT2D eigenvalue weighted by molar-refractivity contribution is 6.11. The van der Waals surface area contributed by atoms with Gasteiger partial charge in [-0.1, -0.05) is 30.3 Å². The highest BCUT2D eigenvalue weighted by Gasteiger charge is 2.25. The van der Waals surface area contributed by atoms with Crippen molar-refractivity contribution in [2.24, 2.45) is 0 Å². The average molecular weight is 401 g/mol. The van der Waals surface area contributed by atoms with Crippen molar-refractivity contribution in [1.82, 2.24) is 25.3 Å². The second-order valence-electron chi connectivity index (χ2n) is 7.07. The van der Waals surface area contributed by atoms with Crippen LogP contribution >= 0.6 is 0 Å². The fraction of sp³-hybridized carbons (Fsp3) is 0.143. The molecule has 1 aliphatic heterocycles. The summed E-state index contributed by atoms with van der Waals surface area (Å²) in [6, 6.07) is 13.0. The van der Waals surface area contributed by atoms with Crippen LogP contribution in [0, 0.1) is 0 Å². The SMILES string of the molecule is O=C(Nc1ncc[nH]1)c1cccc2[nH]c(NC(=O)C3Cc4ccccc4CN3)nc12. The number of fused-ring (bicyclic) bond motifs is 2. The van der Waals surface area contributed by atoms with Gasteiger partial charge < -0.3 is 15.3 Å². The molecule has 0 saturated carbocycles. The summed E-state index contributed by atoms with van der Waals surface area (Å²) in [7, 11) is 0. The third-order valence-corrected chi connectivity index (χ3v) is 5.13. The van der Waals surface area contributed by atoms with Gasteiger partial charge in [0.15, 0.2) is 0 Å². The minimum absolute atomic E-state index is 0.176. The predicted octanol–water partition coefficient (Wildman–Crippen LogP) is 2.19. The lowest BCUT2D eigenvalue weighted by molar-refractivity contribution is -0.118. The third kappa shape index (κ3) is 3.42. The van der Waals surface area contributed by atoms with E-state index >= 15 is 0 Å². The van der Waals surface area contributed by atoms with E-state index < -0.39 is 0 Å². The molecule has 2 amide bonds. The molecule has 1 atom stereocenters. The molecule has 1 unspecified atom stereocenters. The first-order valence-electron chi connectivity index (χ1n) is 9.58. The Morgan fingerprint density at radius 2 is 1.87 bits per heavy atom. The van der Waals surface area contributed by atoms with Gasteiger partial charge in [-0.2, -0.15) is 0 Å². The van der Waals surface area contributed by atoms with Crippen molar-refractivity contribution in [2.75, 3.05) is 10.6 Å². The first-order valence-corrected chi connectivity index (χ1v) is 9.58. The molecule has 1 aliphatic rings. The molecule has 5 rings (SSSR count). The molecule has 0 radical (unpaired) electrons. The van der Waals surface area contributed by atoms with Gasteiger partial charge in [0, 0.05) is 18.9 Å². The minimum atomic E-state index is -0.352. The lowest BCUT2D eigenvalue weighted by Gasteiger charge is -2.24. The van der Waals surface area contributed by atoms with Gasteiger partial charge >= 0.3 is 0 Å². The summed E-state index contributed by atoms with van der Waals surface area (Å²) in [6.45, 7) is 0.644. The van der Waals surface area contributed by atoms with Crippen LogP contribution in [-0.4, -0.2) is 37.8 Å². The van der Waals surface area contributed by atoms with E-state index in [0.717, 1.165) is 5.56 Å². The molecule has 0 fully saturated rings. The lowest BCUT2D eigenvalue weighted by atomic mass is 9.95. The van der Waals surface area contributed by atoms with Crippen molar-refractivity contribution in [1.29, 1.82) is 0 Å². The molecule has 9 nitrogen and oxygen atoms in total. The number of aromatic amines is 2. The van der Waals surface area contributed by atoms with Crippen LogP contribution in [0.3, 0.4) is 0 Å². The number of carbonyl (C=O) groups excluding carboxylic acids is 2. The Morgan fingerprint density at radius 3 is 2.70 bits per heavy atom. The third-order valence-electron chi connectivity index (χ3n) is 5.13. The summed E-state index contributed by atoms with van der Waals surface area (Å²) in [6.07, 6.45) is 3.78. The normalized spacial score (nSPS) is 15.5. The Labute approximate surface area is 171 Å². The summed E-state index contributed by atoms with van der Waals surface area (Å²) in [5.41, 5.74) is 3.87. The molecule has 150 valence electrons. The fourth-order valence-electron chi connectivity index (χ4n) is 3.63. The monoisotopic (exact) mass is 401 g/mol. The second-order valence-corrected chi connectivity index (χ2v) is 7.07. The highest BCUT2D eigenvalue weighted by Crippen LogP contribution is 2.21.